The number of carbonyl (C=O) groups excluding carboxylic acids is 1. The Morgan fingerprint density at radius 3 is 2.71 bits per heavy atom. The number of aliphatic hydroxyl groups is 2. The molecule has 31 heavy (non-hydrogen) atoms. The number of fused-ring (bicyclic) bond motifs is 1. The van der Waals surface area contributed by atoms with Crippen molar-refractivity contribution in [2.75, 3.05) is 20.3 Å². The van der Waals surface area contributed by atoms with E-state index in [1.165, 1.54) is 5.57 Å². The van der Waals surface area contributed by atoms with E-state index in [-0.39, 0.29) is 36.0 Å². The Bertz CT molecular complexity index is 724. The largest absolute Gasteiger partial charge is 0.392 e. The van der Waals surface area contributed by atoms with Crippen LogP contribution >= 0.6 is 0 Å². The number of aliphatic hydroxyl groups excluding tert-OH is 2. The molecule has 174 valence electrons. The van der Waals surface area contributed by atoms with Crippen LogP contribution in [0.2, 0.25) is 0 Å². The minimum atomic E-state index is -0.541. The third kappa shape index (κ3) is 7.20. The molecule has 0 bridgehead atoms. The molecule has 0 aromatic rings. The highest BCUT2D eigenvalue weighted by atomic mass is 16.5. The predicted molar refractivity (Wildman–Crippen MR) is 124 cm³/mol. The second-order valence-electron chi connectivity index (χ2n) is 10.2. The van der Waals surface area contributed by atoms with Gasteiger partial charge < -0.3 is 19.8 Å². The molecule has 0 heterocycles. The van der Waals surface area contributed by atoms with E-state index in [4.69, 9.17) is 4.74 Å². The van der Waals surface area contributed by atoms with Crippen molar-refractivity contribution in [1.29, 1.82) is 0 Å². The Morgan fingerprint density at radius 1 is 1.35 bits per heavy atom. The van der Waals surface area contributed by atoms with E-state index in [1.54, 1.807) is 11.9 Å². The number of amides is 1. The number of rotatable bonds is 8. The van der Waals surface area contributed by atoms with Gasteiger partial charge in [0.05, 0.1) is 18.8 Å². The van der Waals surface area contributed by atoms with Gasteiger partial charge in [0, 0.05) is 24.9 Å². The fourth-order valence-electron chi connectivity index (χ4n) is 4.55. The molecule has 2 aliphatic carbocycles. The third-order valence-electron chi connectivity index (χ3n) is 6.92. The lowest BCUT2D eigenvalue weighted by Crippen LogP contribution is -2.44. The van der Waals surface area contributed by atoms with Gasteiger partial charge in [0.15, 0.2) is 0 Å². The molecule has 6 atom stereocenters. The average Bonchev–Trinajstić information content (AvgIpc) is 3.22. The molecule has 2 saturated carbocycles. The number of likely N-dealkylation sites (N-methyl/N-ethyl adjacent to an activating group) is 1. The van der Waals surface area contributed by atoms with Gasteiger partial charge in [-0.25, -0.2) is 0 Å². The van der Waals surface area contributed by atoms with Crippen LogP contribution in [0.4, 0.5) is 0 Å². The number of allylic oxidation sites excluding steroid dienone is 1. The molecule has 0 aliphatic heterocycles. The van der Waals surface area contributed by atoms with Crippen LogP contribution in [0.15, 0.2) is 23.8 Å². The Hall–Kier alpha value is -1.61. The molecule has 2 fully saturated rings. The van der Waals surface area contributed by atoms with E-state index in [0.717, 1.165) is 19.3 Å². The van der Waals surface area contributed by atoms with Crippen molar-refractivity contribution in [3.8, 4) is 11.8 Å². The molecule has 5 heteroatoms. The lowest BCUT2D eigenvalue weighted by Gasteiger charge is -2.31. The van der Waals surface area contributed by atoms with Gasteiger partial charge in [0.2, 0.25) is 5.91 Å². The molecule has 0 aromatic heterocycles. The van der Waals surface area contributed by atoms with Gasteiger partial charge in [-0.05, 0) is 64.7 Å². The summed E-state index contributed by atoms with van der Waals surface area (Å²) < 4.78 is 5.61. The standard InChI is InChI=1S/C26H41NO4/c1-7-8-9-18(2)23(28)11-10-21-22-15-19(14-20(22)16-24(21)29)12-13-31-17-25(30)27(6)26(3,4)5/h10-12,18,20-24,28-29H,9,13-17H2,1-6H3/b11-10+,19-12+/t18-,20+,21-,22+,23-,24-/m1/s1. The smallest absolute Gasteiger partial charge is 0.248 e. The van der Waals surface area contributed by atoms with E-state index in [2.05, 4.69) is 17.9 Å². The summed E-state index contributed by atoms with van der Waals surface area (Å²) in [5.41, 5.74) is 1.14. The van der Waals surface area contributed by atoms with Crippen molar-refractivity contribution in [3.63, 3.8) is 0 Å². The molecule has 0 radical (unpaired) electrons. The SMILES string of the molecule is CC#CC[C@@H](C)[C@H](O)/C=C/[C@@H]1[C@H]2C/C(=C/COCC(=O)N(C)C(C)(C)C)C[C@H]2C[C@H]1O. The number of ether oxygens (including phenoxy) is 1. The maximum Gasteiger partial charge on any atom is 0.248 e. The molecule has 0 aromatic carbocycles. The topological polar surface area (TPSA) is 70.0 Å². The zero-order valence-corrected chi connectivity index (χ0v) is 20.1. The van der Waals surface area contributed by atoms with E-state index in [9.17, 15) is 15.0 Å². The van der Waals surface area contributed by atoms with Crippen molar-refractivity contribution in [1.82, 2.24) is 4.90 Å². The van der Waals surface area contributed by atoms with Gasteiger partial charge in [-0.2, -0.15) is 0 Å². The summed E-state index contributed by atoms with van der Waals surface area (Å²) in [7, 11) is 1.80. The van der Waals surface area contributed by atoms with Gasteiger partial charge in [0.1, 0.15) is 6.61 Å². The van der Waals surface area contributed by atoms with E-state index < -0.39 is 6.10 Å². The fourth-order valence-corrected chi connectivity index (χ4v) is 4.55. The van der Waals surface area contributed by atoms with E-state index in [1.807, 2.05) is 46.8 Å². The van der Waals surface area contributed by atoms with Gasteiger partial charge in [-0.1, -0.05) is 30.7 Å². The highest BCUT2D eigenvalue weighted by Gasteiger charge is 2.45. The lowest BCUT2D eigenvalue weighted by atomic mass is 9.89. The second kappa shape index (κ2) is 11.3. The number of nitrogens with zero attached hydrogens (tertiary/aromatic N) is 1. The molecule has 2 N–H and O–H groups in total. The predicted octanol–water partition coefficient (Wildman–Crippen LogP) is 3.56. The van der Waals surface area contributed by atoms with Gasteiger partial charge in [-0.15, -0.1) is 11.8 Å². The number of carbonyl (C=O) groups is 1. The minimum absolute atomic E-state index is 0.0137. The van der Waals surface area contributed by atoms with Crippen LogP contribution in [0, 0.1) is 35.5 Å². The Labute approximate surface area is 188 Å². The van der Waals surface area contributed by atoms with Crippen LogP contribution in [0.3, 0.4) is 0 Å². The molecule has 1 amide bonds. The van der Waals surface area contributed by atoms with Crippen LogP contribution in [0.1, 0.15) is 60.3 Å². The Morgan fingerprint density at radius 2 is 2.06 bits per heavy atom. The summed E-state index contributed by atoms with van der Waals surface area (Å²) in [4.78, 5) is 13.9. The first kappa shape index (κ1) is 25.6. The average molecular weight is 432 g/mol. The first-order valence-electron chi connectivity index (χ1n) is 11.5. The molecule has 2 aliphatic rings. The third-order valence-corrected chi connectivity index (χ3v) is 6.92. The van der Waals surface area contributed by atoms with E-state index >= 15 is 0 Å². The highest BCUT2D eigenvalue weighted by Crippen LogP contribution is 2.50. The molecular weight excluding hydrogens is 390 g/mol. The Balaban J connectivity index is 1.85. The first-order valence-corrected chi connectivity index (χ1v) is 11.5. The zero-order chi connectivity index (χ0) is 23.2. The van der Waals surface area contributed by atoms with E-state index in [0.29, 0.717) is 24.9 Å². The molecule has 0 saturated heterocycles. The maximum absolute atomic E-state index is 12.2. The van der Waals surface area contributed by atoms with Crippen LogP contribution in [0.25, 0.3) is 0 Å². The molecule has 0 spiro atoms. The quantitative estimate of drug-likeness (QED) is 0.350. The van der Waals surface area contributed by atoms with Gasteiger partial charge >= 0.3 is 0 Å². The summed E-state index contributed by atoms with van der Waals surface area (Å²) in [6.45, 7) is 10.3. The normalized spacial score (nSPS) is 29.0. The van der Waals surface area contributed by atoms with Crippen LogP contribution in [-0.4, -0.2) is 59.0 Å². The second-order valence-corrected chi connectivity index (χ2v) is 10.2. The monoisotopic (exact) mass is 431 g/mol. The summed E-state index contributed by atoms with van der Waals surface area (Å²) in [6, 6.07) is 0. The number of hydrogen-bond acceptors (Lipinski definition) is 4. The fraction of sp³-hybridized carbons (Fsp3) is 0.731. The highest BCUT2D eigenvalue weighted by molar-refractivity contribution is 5.77. The molecule has 5 nitrogen and oxygen atoms in total. The van der Waals surface area contributed by atoms with Gasteiger partial charge in [0.25, 0.3) is 0 Å². The van der Waals surface area contributed by atoms with Crippen molar-refractivity contribution < 1.29 is 19.7 Å². The van der Waals surface area contributed by atoms with Crippen LogP contribution in [-0.2, 0) is 9.53 Å². The molecule has 2 rings (SSSR count). The van der Waals surface area contributed by atoms with Gasteiger partial charge in [-0.3, -0.25) is 4.79 Å². The summed E-state index contributed by atoms with van der Waals surface area (Å²) in [5, 5.41) is 20.9. The van der Waals surface area contributed by atoms with Crippen molar-refractivity contribution in [3.05, 3.63) is 23.8 Å². The van der Waals surface area contributed by atoms with Crippen molar-refractivity contribution >= 4 is 5.91 Å². The summed E-state index contributed by atoms with van der Waals surface area (Å²) >= 11 is 0. The lowest BCUT2D eigenvalue weighted by molar-refractivity contribution is -0.138. The minimum Gasteiger partial charge on any atom is -0.392 e. The van der Waals surface area contributed by atoms with Crippen molar-refractivity contribution in [2.24, 2.45) is 23.7 Å². The maximum atomic E-state index is 12.2. The summed E-state index contributed by atoms with van der Waals surface area (Å²) in [5.74, 6) is 6.92. The first-order chi connectivity index (χ1) is 14.5. The van der Waals surface area contributed by atoms with Crippen molar-refractivity contribution in [2.45, 2.75) is 78.0 Å². The van der Waals surface area contributed by atoms with Crippen LogP contribution < -0.4 is 0 Å². The zero-order valence-electron chi connectivity index (χ0n) is 20.1. The Kier molecular flexibility index (Phi) is 9.36. The van der Waals surface area contributed by atoms with Crippen LogP contribution in [0.5, 0.6) is 0 Å². The number of hydrogen-bond donors (Lipinski definition) is 2. The molecular formula is C26H41NO4. The molecule has 0 unspecified atom stereocenters. The summed E-state index contributed by atoms with van der Waals surface area (Å²) in [6.07, 6.45) is 8.50.